The lowest BCUT2D eigenvalue weighted by Gasteiger charge is -1.98. The summed E-state index contributed by atoms with van der Waals surface area (Å²) in [6.07, 6.45) is 0.990. The number of nitrogens with one attached hydrogen (secondary N) is 2. The molecule has 1 amide bonds. The summed E-state index contributed by atoms with van der Waals surface area (Å²) in [6.45, 7) is 6.81. The molecule has 7 nitrogen and oxygen atoms in total. The summed E-state index contributed by atoms with van der Waals surface area (Å²) in [4.78, 5) is 16.1. The van der Waals surface area contributed by atoms with Crippen LogP contribution in [-0.2, 0) is 6.54 Å². The van der Waals surface area contributed by atoms with Gasteiger partial charge in [-0.05, 0) is 20.3 Å². The van der Waals surface area contributed by atoms with E-state index in [9.17, 15) is 4.79 Å². The highest BCUT2D eigenvalue weighted by atomic mass is 32.1. The van der Waals surface area contributed by atoms with Gasteiger partial charge >= 0.3 is 0 Å². The van der Waals surface area contributed by atoms with Gasteiger partial charge in [-0.3, -0.25) is 4.79 Å². The van der Waals surface area contributed by atoms with Crippen molar-refractivity contribution < 1.29 is 9.21 Å². The first kappa shape index (κ1) is 14.4. The van der Waals surface area contributed by atoms with Gasteiger partial charge in [0.15, 0.2) is 0 Å². The van der Waals surface area contributed by atoms with Gasteiger partial charge in [-0.15, -0.1) is 10.2 Å². The zero-order valence-corrected chi connectivity index (χ0v) is 12.5. The van der Waals surface area contributed by atoms with E-state index in [-0.39, 0.29) is 12.5 Å². The van der Waals surface area contributed by atoms with Gasteiger partial charge in [-0.2, -0.15) is 0 Å². The summed E-state index contributed by atoms with van der Waals surface area (Å²) < 4.78 is 5.39. The fraction of sp³-hybridized carbons (Fsp3) is 0.500. The molecule has 2 N–H and O–H groups in total. The van der Waals surface area contributed by atoms with Crippen LogP contribution in [0.2, 0.25) is 0 Å². The van der Waals surface area contributed by atoms with Gasteiger partial charge in [-0.25, -0.2) is 4.98 Å². The number of oxazole rings is 1. The number of hydrogen-bond donors (Lipinski definition) is 2. The van der Waals surface area contributed by atoms with Crippen LogP contribution in [0.4, 0.5) is 5.13 Å². The molecule has 0 aliphatic carbocycles. The molecule has 0 aliphatic heterocycles. The zero-order chi connectivity index (χ0) is 14.5. The van der Waals surface area contributed by atoms with Gasteiger partial charge in [0.05, 0.1) is 12.2 Å². The van der Waals surface area contributed by atoms with E-state index in [1.807, 2.05) is 13.8 Å². The minimum Gasteiger partial charge on any atom is -0.444 e. The Kier molecular flexibility index (Phi) is 4.67. The minimum atomic E-state index is -0.277. The molecule has 0 atom stereocenters. The molecule has 0 bridgehead atoms. The molecule has 8 heteroatoms. The van der Waals surface area contributed by atoms with E-state index in [0.29, 0.717) is 16.0 Å². The fourth-order valence-electron chi connectivity index (χ4n) is 1.46. The highest BCUT2D eigenvalue weighted by molar-refractivity contribution is 7.17. The number of nitrogens with zero attached hydrogens (tertiary/aromatic N) is 3. The third-order valence-electron chi connectivity index (χ3n) is 2.62. The largest absolute Gasteiger partial charge is 0.444 e. The van der Waals surface area contributed by atoms with E-state index < -0.39 is 0 Å². The molecule has 2 aromatic heterocycles. The molecule has 2 heterocycles. The first-order valence-electron chi connectivity index (χ1n) is 6.38. The van der Waals surface area contributed by atoms with Crippen LogP contribution in [-0.4, -0.2) is 27.6 Å². The third kappa shape index (κ3) is 3.53. The molecule has 108 valence electrons. The first-order chi connectivity index (χ1) is 9.60. The van der Waals surface area contributed by atoms with E-state index in [2.05, 4.69) is 32.7 Å². The average Bonchev–Trinajstić information content (AvgIpc) is 3.01. The zero-order valence-electron chi connectivity index (χ0n) is 11.7. The Bertz CT molecular complexity index is 573. The van der Waals surface area contributed by atoms with E-state index >= 15 is 0 Å². The van der Waals surface area contributed by atoms with Crippen LogP contribution in [0.25, 0.3) is 0 Å². The number of aryl methyl sites for hydroxylation is 2. The van der Waals surface area contributed by atoms with Crippen LogP contribution in [0.3, 0.4) is 0 Å². The molecular formula is C12H17N5O2S. The van der Waals surface area contributed by atoms with Crippen LogP contribution < -0.4 is 10.6 Å². The quantitative estimate of drug-likeness (QED) is 0.845. The van der Waals surface area contributed by atoms with Crippen LogP contribution in [0, 0.1) is 13.8 Å². The average molecular weight is 295 g/mol. The van der Waals surface area contributed by atoms with Gasteiger partial charge in [0.1, 0.15) is 5.76 Å². The number of amides is 1. The van der Waals surface area contributed by atoms with E-state index in [1.54, 1.807) is 0 Å². The van der Waals surface area contributed by atoms with Crippen molar-refractivity contribution in [3.05, 3.63) is 22.4 Å². The minimum absolute atomic E-state index is 0.241. The number of carbonyl (C=O) groups is 1. The summed E-state index contributed by atoms with van der Waals surface area (Å²) in [7, 11) is 0. The SMILES string of the molecule is CCCNc1nnc(C(=O)NCc2nc(C)c(C)o2)s1. The van der Waals surface area contributed by atoms with Crippen molar-refractivity contribution >= 4 is 22.4 Å². The number of aromatic nitrogens is 3. The summed E-state index contributed by atoms with van der Waals surface area (Å²) in [5.41, 5.74) is 0.830. The van der Waals surface area contributed by atoms with Crippen molar-refractivity contribution in [2.75, 3.05) is 11.9 Å². The maximum Gasteiger partial charge on any atom is 0.282 e. The van der Waals surface area contributed by atoms with Gasteiger partial charge in [0, 0.05) is 6.54 Å². The second-order valence-corrected chi connectivity index (χ2v) is 5.25. The lowest BCUT2D eigenvalue weighted by Crippen LogP contribution is -2.22. The third-order valence-corrected chi connectivity index (χ3v) is 3.50. The molecule has 2 rings (SSSR count). The molecule has 0 fully saturated rings. The van der Waals surface area contributed by atoms with Crippen LogP contribution >= 0.6 is 11.3 Å². The molecule has 0 unspecified atom stereocenters. The molecule has 2 aromatic rings. The van der Waals surface area contributed by atoms with Crippen LogP contribution in [0.15, 0.2) is 4.42 Å². The Morgan fingerprint density at radius 1 is 1.35 bits per heavy atom. The van der Waals surface area contributed by atoms with Crippen molar-refractivity contribution in [1.82, 2.24) is 20.5 Å². The van der Waals surface area contributed by atoms with Crippen molar-refractivity contribution in [2.24, 2.45) is 0 Å². The number of anilines is 1. The topological polar surface area (TPSA) is 92.9 Å². The predicted molar refractivity (Wildman–Crippen MR) is 75.8 cm³/mol. The van der Waals surface area contributed by atoms with Crippen molar-refractivity contribution in [3.8, 4) is 0 Å². The predicted octanol–water partition coefficient (Wildman–Crippen LogP) is 1.89. The maximum absolute atomic E-state index is 11.9. The molecule has 0 saturated heterocycles. The fourth-order valence-corrected chi connectivity index (χ4v) is 2.15. The van der Waals surface area contributed by atoms with Gasteiger partial charge in [-0.1, -0.05) is 18.3 Å². The van der Waals surface area contributed by atoms with Crippen LogP contribution in [0.5, 0.6) is 0 Å². The number of hydrogen-bond acceptors (Lipinski definition) is 7. The molecular weight excluding hydrogens is 278 g/mol. The molecule has 0 radical (unpaired) electrons. The van der Waals surface area contributed by atoms with E-state index in [0.717, 1.165) is 24.4 Å². The lowest BCUT2D eigenvalue weighted by molar-refractivity contribution is 0.0946. The monoisotopic (exact) mass is 295 g/mol. The normalized spacial score (nSPS) is 10.6. The van der Waals surface area contributed by atoms with Crippen LogP contribution in [0.1, 0.15) is 40.5 Å². The smallest absolute Gasteiger partial charge is 0.282 e. The Hall–Kier alpha value is -1.96. The maximum atomic E-state index is 11.9. The van der Waals surface area contributed by atoms with Crippen molar-refractivity contribution in [3.63, 3.8) is 0 Å². The summed E-state index contributed by atoms with van der Waals surface area (Å²) in [5.74, 6) is 0.971. The first-order valence-corrected chi connectivity index (χ1v) is 7.20. The Morgan fingerprint density at radius 2 is 2.15 bits per heavy atom. The molecule has 0 saturated carbocycles. The standard InChI is InChI=1S/C12H17N5O2S/c1-4-5-13-12-17-16-11(20-12)10(18)14-6-9-15-7(2)8(3)19-9/h4-6H2,1-3H3,(H,13,17)(H,14,18). The Morgan fingerprint density at radius 3 is 2.80 bits per heavy atom. The second kappa shape index (κ2) is 6.47. The highest BCUT2D eigenvalue weighted by Crippen LogP contribution is 2.15. The molecule has 0 spiro atoms. The number of carbonyl (C=O) groups excluding carboxylic acids is 1. The molecule has 0 aromatic carbocycles. The number of rotatable bonds is 6. The van der Waals surface area contributed by atoms with E-state index in [1.165, 1.54) is 11.3 Å². The summed E-state index contributed by atoms with van der Waals surface area (Å²) in [5, 5.41) is 14.5. The van der Waals surface area contributed by atoms with Gasteiger partial charge in [0.25, 0.3) is 5.91 Å². The summed E-state index contributed by atoms with van der Waals surface area (Å²) >= 11 is 1.23. The molecule has 0 aliphatic rings. The van der Waals surface area contributed by atoms with E-state index in [4.69, 9.17) is 4.42 Å². The van der Waals surface area contributed by atoms with Crippen molar-refractivity contribution in [2.45, 2.75) is 33.7 Å². The Balaban J connectivity index is 1.89. The highest BCUT2D eigenvalue weighted by Gasteiger charge is 2.14. The Labute approximate surface area is 120 Å². The molecule has 20 heavy (non-hydrogen) atoms. The summed E-state index contributed by atoms with van der Waals surface area (Å²) in [6, 6.07) is 0. The lowest BCUT2D eigenvalue weighted by atomic mass is 10.4. The second-order valence-electron chi connectivity index (χ2n) is 4.27. The van der Waals surface area contributed by atoms with Gasteiger partial charge < -0.3 is 15.1 Å². The van der Waals surface area contributed by atoms with Crippen molar-refractivity contribution in [1.29, 1.82) is 0 Å². The van der Waals surface area contributed by atoms with Gasteiger partial charge in [0.2, 0.25) is 16.0 Å².